The molecule has 2 bridgehead atoms. The van der Waals surface area contributed by atoms with E-state index in [4.69, 9.17) is 9.84 Å². The lowest BCUT2D eigenvalue weighted by Crippen LogP contribution is -2.59. The number of benzene rings is 1. The van der Waals surface area contributed by atoms with Crippen LogP contribution in [0, 0.1) is 34.3 Å². The summed E-state index contributed by atoms with van der Waals surface area (Å²) in [7, 11) is 0. The van der Waals surface area contributed by atoms with Gasteiger partial charge in [-0.3, -0.25) is 4.79 Å². The topological polar surface area (TPSA) is 58.6 Å². The molecule has 1 heterocycles. The van der Waals surface area contributed by atoms with Crippen LogP contribution in [-0.4, -0.2) is 30.3 Å². The Morgan fingerprint density at radius 1 is 1.37 bits per heavy atom. The summed E-state index contributed by atoms with van der Waals surface area (Å²) >= 11 is 0. The van der Waals surface area contributed by atoms with Gasteiger partial charge < -0.3 is 15.2 Å². The zero-order chi connectivity index (χ0) is 19.4. The Morgan fingerprint density at radius 3 is 2.89 bits per heavy atom. The van der Waals surface area contributed by atoms with E-state index >= 15 is 0 Å². The van der Waals surface area contributed by atoms with E-state index in [2.05, 4.69) is 19.2 Å². The van der Waals surface area contributed by atoms with Crippen LogP contribution in [0.1, 0.15) is 51.2 Å². The molecule has 3 fully saturated rings. The highest BCUT2D eigenvalue weighted by atomic mass is 19.2. The molecule has 27 heavy (non-hydrogen) atoms. The Kier molecular flexibility index (Phi) is 4.54. The molecule has 1 unspecified atom stereocenters. The highest BCUT2D eigenvalue weighted by Gasteiger charge is 2.68. The molecule has 1 aromatic rings. The predicted octanol–water partition coefficient (Wildman–Crippen LogP) is 3.35. The second kappa shape index (κ2) is 6.52. The number of hydrogen-bond acceptors (Lipinski definition) is 3. The molecule has 1 aliphatic heterocycles. The molecule has 1 amide bonds. The summed E-state index contributed by atoms with van der Waals surface area (Å²) in [5.41, 5.74) is 0.0233. The average Bonchev–Trinajstić information content (AvgIpc) is 3.11. The molecule has 2 N–H and O–H groups in total. The van der Waals surface area contributed by atoms with E-state index < -0.39 is 17.7 Å². The van der Waals surface area contributed by atoms with E-state index in [0.29, 0.717) is 12.5 Å². The van der Waals surface area contributed by atoms with Crippen LogP contribution >= 0.6 is 0 Å². The monoisotopic (exact) mass is 379 g/mol. The van der Waals surface area contributed by atoms with Gasteiger partial charge in [-0.2, -0.15) is 0 Å². The standard InChI is InChI=1S/C21H27F2NO3/c1-20(2)12-10-14-18(13-4-3-5-15(22)17(13)23)27-9-7-21(14,11-12)19(20)24-16(26)6-8-25/h3-5,12,14,18-19,25H,6-11H2,1-2H3,(H,24,26)/t12-,14-,18-,19+,21?/m1/s1. The quantitative estimate of drug-likeness (QED) is 0.844. The van der Waals surface area contributed by atoms with Gasteiger partial charge in [-0.15, -0.1) is 0 Å². The molecular weight excluding hydrogens is 352 g/mol. The molecule has 5 atom stereocenters. The Bertz CT molecular complexity index is 753. The fourth-order valence-electron chi connectivity index (χ4n) is 6.17. The maximum Gasteiger partial charge on any atom is 0.222 e. The van der Waals surface area contributed by atoms with Crippen LogP contribution in [0.15, 0.2) is 18.2 Å². The molecule has 3 aliphatic rings. The number of rotatable bonds is 4. The van der Waals surface area contributed by atoms with Gasteiger partial charge in [0.1, 0.15) is 0 Å². The minimum Gasteiger partial charge on any atom is -0.396 e. The first-order valence-corrected chi connectivity index (χ1v) is 9.77. The van der Waals surface area contributed by atoms with E-state index in [0.717, 1.165) is 25.3 Å². The molecule has 4 nitrogen and oxygen atoms in total. The highest BCUT2D eigenvalue weighted by molar-refractivity contribution is 5.76. The molecule has 0 aromatic heterocycles. The predicted molar refractivity (Wildman–Crippen MR) is 95.7 cm³/mol. The molecular formula is C21H27F2NO3. The Balaban J connectivity index is 1.70. The van der Waals surface area contributed by atoms with Crippen LogP contribution in [0.4, 0.5) is 8.78 Å². The Morgan fingerprint density at radius 2 is 2.15 bits per heavy atom. The Labute approximate surface area is 158 Å². The largest absolute Gasteiger partial charge is 0.396 e. The minimum atomic E-state index is -0.855. The van der Waals surface area contributed by atoms with Crippen molar-refractivity contribution in [1.29, 1.82) is 0 Å². The number of nitrogens with one attached hydrogen (secondary N) is 1. The van der Waals surface area contributed by atoms with Crippen molar-refractivity contribution in [2.75, 3.05) is 13.2 Å². The maximum atomic E-state index is 14.5. The van der Waals surface area contributed by atoms with Crippen molar-refractivity contribution in [2.45, 2.75) is 51.7 Å². The van der Waals surface area contributed by atoms with Gasteiger partial charge in [0.25, 0.3) is 0 Å². The van der Waals surface area contributed by atoms with Gasteiger partial charge in [0.2, 0.25) is 5.91 Å². The van der Waals surface area contributed by atoms with Gasteiger partial charge >= 0.3 is 0 Å². The number of aliphatic hydroxyl groups excluding tert-OH is 1. The maximum absolute atomic E-state index is 14.5. The van der Waals surface area contributed by atoms with Gasteiger partial charge in [-0.25, -0.2) is 8.78 Å². The lowest BCUT2D eigenvalue weighted by molar-refractivity contribution is -0.138. The molecule has 2 aliphatic carbocycles. The van der Waals surface area contributed by atoms with Crippen LogP contribution in [0.2, 0.25) is 0 Å². The van der Waals surface area contributed by atoms with E-state index in [-0.39, 0.29) is 47.3 Å². The van der Waals surface area contributed by atoms with E-state index in [9.17, 15) is 13.6 Å². The third-order valence-corrected chi connectivity index (χ3v) is 7.44. The van der Waals surface area contributed by atoms with Crippen LogP contribution in [-0.2, 0) is 9.53 Å². The molecule has 2 saturated carbocycles. The summed E-state index contributed by atoms with van der Waals surface area (Å²) in [5, 5.41) is 12.3. The number of carbonyl (C=O) groups is 1. The fraction of sp³-hybridized carbons (Fsp3) is 0.667. The van der Waals surface area contributed by atoms with Crippen LogP contribution in [0.5, 0.6) is 0 Å². The van der Waals surface area contributed by atoms with Crippen LogP contribution in [0.25, 0.3) is 0 Å². The van der Waals surface area contributed by atoms with Crippen LogP contribution < -0.4 is 5.32 Å². The summed E-state index contributed by atoms with van der Waals surface area (Å²) in [4.78, 5) is 12.3. The second-order valence-electron chi connectivity index (χ2n) is 8.96. The van der Waals surface area contributed by atoms with Gasteiger partial charge in [0.05, 0.1) is 12.7 Å². The summed E-state index contributed by atoms with van der Waals surface area (Å²) in [6.45, 7) is 4.64. The summed E-state index contributed by atoms with van der Waals surface area (Å²) in [6.07, 6.45) is 2.24. The van der Waals surface area contributed by atoms with Gasteiger partial charge in [-0.05, 0) is 48.0 Å². The highest BCUT2D eigenvalue weighted by Crippen LogP contribution is 2.70. The molecule has 148 valence electrons. The summed E-state index contributed by atoms with van der Waals surface area (Å²) in [6, 6.07) is 4.20. The van der Waals surface area contributed by atoms with Gasteiger partial charge in [0, 0.05) is 24.6 Å². The minimum absolute atomic E-state index is 0.0417. The molecule has 6 heteroatoms. The molecule has 1 saturated heterocycles. The van der Waals surface area contributed by atoms with Gasteiger partial charge in [-0.1, -0.05) is 26.0 Å². The lowest BCUT2D eigenvalue weighted by Gasteiger charge is -2.53. The lowest BCUT2D eigenvalue weighted by atomic mass is 9.58. The SMILES string of the molecule is CC1(C)[C@@H]2C[C@@H]3[C@@H](c4cccc(F)c4F)OCCC3(C2)[C@H]1NC(=O)CCO. The zero-order valence-corrected chi connectivity index (χ0v) is 15.8. The average molecular weight is 379 g/mol. The van der Waals surface area contributed by atoms with E-state index in [1.807, 2.05) is 0 Å². The molecule has 0 radical (unpaired) electrons. The zero-order valence-electron chi connectivity index (χ0n) is 15.8. The van der Waals surface area contributed by atoms with Crippen molar-refractivity contribution < 1.29 is 23.4 Å². The van der Waals surface area contributed by atoms with E-state index in [1.165, 1.54) is 6.07 Å². The molecule has 4 rings (SSSR count). The first-order valence-electron chi connectivity index (χ1n) is 9.77. The number of aliphatic hydroxyl groups is 1. The summed E-state index contributed by atoms with van der Waals surface area (Å²) < 4.78 is 34.3. The summed E-state index contributed by atoms with van der Waals surface area (Å²) in [5.74, 6) is -1.41. The normalized spacial score (nSPS) is 36.5. The van der Waals surface area contributed by atoms with Crippen LogP contribution in [0.3, 0.4) is 0 Å². The number of halogens is 2. The van der Waals surface area contributed by atoms with Crippen molar-refractivity contribution in [3.05, 3.63) is 35.4 Å². The third-order valence-electron chi connectivity index (χ3n) is 7.44. The number of carbonyl (C=O) groups excluding carboxylic acids is 1. The first-order chi connectivity index (χ1) is 12.8. The van der Waals surface area contributed by atoms with Crippen molar-refractivity contribution in [1.82, 2.24) is 5.32 Å². The molecule has 1 aromatic carbocycles. The number of fused-ring (bicyclic) bond motifs is 1. The third kappa shape index (κ3) is 2.71. The van der Waals surface area contributed by atoms with E-state index in [1.54, 1.807) is 6.07 Å². The molecule has 1 spiro atoms. The van der Waals surface area contributed by atoms with Crippen molar-refractivity contribution >= 4 is 5.91 Å². The van der Waals surface area contributed by atoms with Gasteiger partial charge in [0.15, 0.2) is 11.6 Å². The number of hydrogen-bond donors (Lipinski definition) is 2. The van der Waals surface area contributed by atoms with Crippen molar-refractivity contribution in [3.8, 4) is 0 Å². The van der Waals surface area contributed by atoms with Crippen molar-refractivity contribution in [3.63, 3.8) is 0 Å². The number of amides is 1. The Hall–Kier alpha value is -1.53. The number of ether oxygens (including phenoxy) is 1. The smallest absolute Gasteiger partial charge is 0.222 e. The second-order valence-corrected chi connectivity index (χ2v) is 8.96. The first kappa shape index (κ1) is 18.8. The fourth-order valence-corrected chi connectivity index (χ4v) is 6.17. The van der Waals surface area contributed by atoms with Crippen molar-refractivity contribution in [2.24, 2.45) is 22.7 Å².